The number of hydrogen-bond donors (Lipinski definition) is 0. The summed E-state index contributed by atoms with van der Waals surface area (Å²) < 4.78 is 0. The first-order chi connectivity index (χ1) is 15.1. The van der Waals surface area contributed by atoms with Gasteiger partial charge in [-0.15, -0.1) is 0 Å². The van der Waals surface area contributed by atoms with E-state index in [1.54, 1.807) is 53.5 Å². The van der Waals surface area contributed by atoms with Crippen LogP contribution in [0.2, 0.25) is 20.1 Å². The summed E-state index contributed by atoms with van der Waals surface area (Å²) in [6.07, 6.45) is 3.81. The Kier molecular flexibility index (Phi) is 8.43. The molecule has 0 N–H and O–H groups in total. The molecule has 4 nitrogen and oxygen atoms in total. The smallest absolute Gasteiger partial charge is 0.224 e. The molecule has 32 heavy (non-hydrogen) atoms. The van der Waals surface area contributed by atoms with Crippen molar-refractivity contribution in [1.82, 2.24) is 9.80 Å². The van der Waals surface area contributed by atoms with Gasteiger partial charge in [0.1, 0.15) is 0 Å². The highest BCUT2D eigenvalue weighted by Crippen LogP contribution is 2.27. The first-order valence-electron chi connectivity index (χ1n) is 9.91. The van der Waals surface area contributed by atoms with E-state index >= 15 is 0 Å². The Bertz CT molecular complexity index is 995. The Balaban J connectivity index is 2.00. The van der Waals surface area contributed by atoms with Crippen LogP contribution in [0, 0.1) is 0 Å². The van der Waals surface area contributed by atoms with E-state index in [9.17, 15) is 9.59 Å². The molecule has 0 saturated carbocycles. The Morgan fingerprint density at radius 3 is 1.62 bits per heavy atom. The lowest BCUT2D eigenvalue weighted by molar-refractivity contribution is -0.131. The van der Waals surface area contributed by atoms with Gasteiger partial charge in [0.05, 0.1) is 0 Å². The van der Waals surface area contributed by atoms with E-state index < -0.39 is 0 Å². The average Bonchev–Trinajstić information content (AvgIpc) is 2.67. The third kappa shape index (κ3) is 6.84. The quantitative estimate of drug-likeness (QED) is 0.453. The maximum absolute atomic E-state index is 13.3. The molecule has 1 saturated heterocycles. The van der Waals surface area contributed by atoms with Crippen molar-refractivity contribution in [3.8, 4) is 0 Å². The van der Waals surface area contributed by atoms with Crippen LogP contribution in [0.25, 0.3) is 12.2 Å². The number of Topliss-reactive ketones (excluding diaryl/α,β-unsaturated/α-hetero) is 1. The first kappa shape index (κ1) is 24.8. The standard InChI is InChI=1S/C24H22Cl4N2O2/c1-29(2)4-3-23(31)30-13-17(5-15-7-19(25)11-20(26)8-15)24(32)18(14-30)6-16-9-21(27)12-22(28)10-16/h5-12H,3-4,13-14H2,1-2H3/b17-5+,18-6+. The summed E-state index contributed by atoms with van der Waals surface area (Å²) in [5.41, 5.74) is 2.34. The van der Waals surface area contributed by atoms with Crippen LogP contribution >= 0.6 is 46.4 Å². The highest BCUT2D eigenvalue weighted by Gasteiger charge is 2.29. The number of benzene rings is 2. The van der Waals surface area contributed by atoms with Gasteiger partial charge in [0, 0.05) is 57.3 Å². The molecule has 0 bridgehead atoms. The topological polar surface area (TPSA) is 40.6 Å². The third-order valence-corrected chi connectivity index (χ3v) is 5.76. The van der Waals surface area contributed by atoms with E-state index in [0.717, 1.165) is 0 Å². The van der Waals surface area contributed by atoms with E-state index in [4.69, 9.17) is 46.4 Å². The van der Waals surface area contributed by atoms with Crippen molar-refractivity contribution in [3.63, 3.8) is 0 Å². The van der Waals surface area contributed by atoms with Gasteiger partial charge in [0.2, 0.25) is 5.91 Å². The Morgan fingerprint density at radius 2 is 1.25 bits per heavy atom. The van der Waals surface area contributed by atoms with E-state index in [-0.39, 0.29) is 24.8 Å². The Labute approximate surface area is 208 Å². The molecule has 168 valence electrons. The van der Waals surface area contributed by atoms with Crippen molar-refractivity contribution >= 4 is 70.2 Å². The Hall–Kier alpha value is -1.82. The number of rotatable bonds is 5. The molecular weight excluding hydrogens is 490 g/mol. The summed E-state index contributed by atoms with van der Waals surface area (Å²) in [5.74, 6) is -0.176. The van der Waals surface area contributed by atoms with Crippen LogP contribution < -0.4 is 0 Å². The van der Waals surface area contributed by atoms with Crippen molar-refractivity contribution in [2.75, 3.05) is 33.7 Å². The zero-order chi connectivity index (χ0) is 23.4. The summed E-state index contributed by atoms with van der Waals surface area (Å²) in [6.45, 7) is 1.04. The molecule has 0 aliphatic carbocycles. The van der Waals surface area contributed by atoms with Gasteiger partial charge in [-0.1, -0.05) is 46.4 Å². The molecule has 8 heteroatoms. The number of ketones is 1. The number of piperidine rings is 1. The van der Waals surface area contributed by atoms with Crippen LogP contribution in [0.5, 0.6) is 0 Å². The number of carbonyl (C=O) groups excluding carboxylic acids is 2. The van der Waals surface area contributed by atoms with Crippen LogP contribution in [0.3, 0.4) is 0 Å². The van der Waals surface area contributed by atoms with E-state index in [1.165, 1.54) is 0 Å². The van der Waals surface area contributed by atoms with E-state index in [2.05, 4.69) is 0 Å². The van der Waals surface area contributed by atoms with Gasteiger partial charge in [0.25, 0.3) is 0 Å². The van der Waals surface area contributed by atoms with Crippen molar-refractivity contribution < 1.29 is 9.59 Å². The maximum Gasteiger partial charge on any atom is 0.224 e. The molecule has 1 fully saturated rings. The van der Waals surface area contributed by atoms with Crippen LogP contribution in [0.4, 0.5) is 0 Å². The molecule has 0 radical (unpaired) electrons. The second-order valence-electron chi connectivity index (χ2n) is 7.88. The minimum Gasteiger partial charge on any atom is -0.334 e. The molecule has 0 spiro atoms. The van der Waals surface area contributed by atoms with Gasteiger partial charge >= 0.3 is 0 Å². The fourth-order valence-electron chi connectivity index (χ4n) is 3.41. The number of amides is 1. The van der Waals surface area contributed by atoms with Crippen LogP contribution in [-0.2, 0) is 9.59 Å². The lowest BCUT2D eigenvalue weighted by Crippen LogP contribution is -2.42. The van der Waals surface area contributed by atoms with Crippen molar-refractivity contribution in [3.05, 3.63) is 78.8 Å². The minimum absolute atomic E-state index is 0.0312. The number of carbonyl (C=O) groups is 2. The van der Waals surface area contributed by atoms with Crippen molar-refractivity contribution in [2.24, 2.45) is 0 Å². The fraction of sp³-hybridized carbons (Fsp3) is 0.250. The van der Waals surface area contributed by atoms with Gasteiger partial charge in [0.15, 0.2) is 5.78 Å². The predicted molar refractivity (Wildman–Crippen MR) is 134 cm³/mol. The summed E-state index contributed by atoms with van der Waals surface area (Å²) in [5, 5.41) is 1.87. The second-order valence-corrected chi connectivity index (χ2v) is 9.62. The SMILES string of the molecule is CN(C)CCC(=O)N1C/C(=C\c2cc(Cl)cc(Cl)c2)C(=O)/C(=C/c2cc(Cl)cc(Cl)c2)C1. The Morgan fingerprint density at radius 1 is 0.844 bits per heavy atom. The normalized spacial score (nSPS) is 17.0. The van der Waals surface area contributed by atoms with Crippen LogP contribution in [0.15, 0.2) is 47.5 Å². The molecule has 1 amide bonds. The lowest BCUT2D eigenvalue weighted by Gasteiger charge is -2.30. The van der Waals surface area contributed by atoms with Gasteiger partial charge in [-0.3, -0.25) is 9.59 Å². The highest BCUT2D eigenvalue weighted by atomic mass is 35.5. The number of halogens is 4. The number of hydrogen-bond acceptors (Lipinski definition) is 3. The lowest BCUT2D eigenvalue weighted by atomic mass is 9.94. The first-order valence-corrected chi connectivity index (χ1v) is 11.4. The van der Waals surface area contributed by atoms with Crippen molar-refractivity contribution in [2.45, 2.75) is 6.42 Å². The van der Waals surface area contributed by atoms with Crippen LogP contribution in [0.1, 0.15) is 17.5 Å². The zero-order valence-electron chi connectivity index (χ0n) is 17.7. The van der Waals surface area contributed by atoms with Gasteiger partial charge < -0.3 is 9.80 Å². The van der Waals surface area contributed by atoms with E-state index in [0.29, 0.717) is 55.3 Å². The van der Waals surface area contributed by atoms with E-state index in [1.807, 2.05) is 19.0 Å². The summed E-state index contributed by atoms with van der Waals surface area (Å²) >= 11 is 24.5. The molecule has 0 unspecified atom stereocenters. The second kappa shape index (κ2) is 10.9. The molecule has 2 aromatic carbocycles. The molecule has 3 rings (SSSR count). The van der Waals surface area contributed by atoms with Gasteiger partial charge in [-0.25, -0.2) is 0 Å². The molecule has 1 aliphatic rings. The molecule has 0 atom stereocenters. The number of nitrogens with zero attached hydrogens (tertiary/aromatic N) is 2. The molecule has 1 aliphatic heterocycles. The molecule has 2 aromatic rings. The maximum atomic E-state index is 13.3. The molecule has 0 aromatic heterocycles. The number of likely N-dealkylation sites (tertiary alicyclic amines) is 1. The van der Waals surface area contributed by atoms with Gasteiger partial charge in [-0.05, 0) is 73.8 Å². The largest absolute Gasteiger partial charge is 0.334 e. The zero-order valence-corrected chi connectivity index (χ0v) is 20.7. The summed E-state index contributed by atoms with van der Waals surface area (Å²) in [6, 6.07) is 10.1. The van der Waals surface area contributed by atoms with Crippen molar-refractivity contribution in [1.29, 1.82) is 0 Å². The van der Waals surface area contributed by atoms with Gasteiger partial charge in [-0.2, -0.15) is 0 Å². The fourth-order valence-corrected chi connectivity index (χ4v) is 4.50. The molecular formula is C24H22Cl4N2O2. The minimum atomic E-state index is -0.145. The summed E-state index contributed by atoms with van der Waals surface area (Å²) in [4.78, 5) is 29.8. The average molecular weight is 512 g/mol. The summed E-state index contributed by atoms with van der Waals surface area (Å²) in [7, 11) is 3.82. The van der Waals surface area contributed by atoms with Crippen LogP contribution in [-0.4, -0.2) is 55.2 Å². The predicted octanol–water partition coefficient (Wildman–Crippen LogP) is 6.13. The highest BCUT2D eigenvalue weighted by molar-refractivity contribution is 6.35. The third-order valence-electron chi connectivity index (χ3n) is 4.88. The monoisotopic (exact) mass is 510 g/mol. The molecule has 1 heterocycles.